The first-order valence-corrected chi connectivity index (χ1v) is 14.1. The zero-order valence-corrected chi connectivity index (χ0v) is 23.5. The third-order valence-corrected chi connectivity index (χ3v) is 7.48. The second kappa shape index (κ2) is 13.8. The van der Waals surface area contributed by atoms with Crippen LogP contribution in [0.25, 0.3) is 0 Å². The van der Waals surface area contributed by atoms with Crippen molar-refractivity contribution in [1.82, 2.24) is 15.1 Å². The van der Waals surface area contributed by atoms with Crippen molar-refractivity contribution < 1.29 is 37.5 Å². The van der Waals surface area contributed by atoms with Gasteiger partial charge in [0.1, 0.15) is 11.6 Å². The summed E-state index contributed by atoms with van der Waals surface area (Å²) < 4.78 is 34.6. The molecule has 12 heteroatoms. The van der Waals surface area contributed by atoms with Gasteiger partial charge >= 0.3 is 19.8 Å². The van der Waals surface area contributed by atoms with Gasteiger partial charge in [-0.05, 0) is 59.2 Å². The third kappa shape index (κ3) is 9.32. The van der Waals surface area contributed by atoms with Gasteiger partial charge in [0.05, 0.1) is 25.1 Å². The number of alkyl carbamates (subject to hydrolysis) is 1. The fourth-order valence-electron chi connectivity index (χ4n) is 3.81. The standard InChI is InChI=1S/C25H40N3O8P/c1-7-33-24(31)28-15-13-27(14-16-28)22(29)21(26-23(30)36-25(4,5)6)18-19-11-10-12-20(17-19)37(32,34-8-2)35-9-3/h10-12,17,21H,7-9,13-16,18H2,1-6H3,(H,26,30)/t21-/m0/s1. The molecule has 1 saturated heterocycles. The molecule has 1 aliphatic rings. The zero-order chi connectivity index (χ0) is 27.6. The van der Waals surface area contributed by atoms with E-state index in [1.807, 2.05) is 0 Å². The lowest BCUT2D eigenvalue weighted by Gasteiger charge is -2.36. The Morgan fingerprint density at radius 3 is 2.11 bits per heavy atom. The summed E-state index contributed by atoms with van der Waals surface area (Å²) in [5.74, 6) is -0.308. The third-order valence-electron chi connectivity index (χ3n) is 5.37. The molecule has 0 bridgehead atoms. The summed E-state index contributed by atoms with van der Waals surface area (Å²) >= 11 is 0. The van der Waals surface area contributed by atoms with Gasteiger partial charge in [-0.25, -0.2) is 9.59 Å². The lowest BCUT2D eigenvalue weighted by Crippen LogP contribution is -2.56. The SMILES string of the molecule is CCOC(=O)N1CCN(C(=O)[C@H](Cc2cccc(P(=O)(OCC)OCC)c2)NC(=O)OC(C)(C)C)CC1. The number of nitrogens with zero attached hydrogens (tertiary/aromatic N) is 2. The molecular formula is C25H40N3O8P. The normalized spacial score (nSPS) is 15.2. The molecule has 2 rings (SSSR count). The van der Waals surface area contributed by atoms with Crippen molar-refractivity contribution in [2.24, 2.45) is 0 Å². The van der Waals surface area contributed by atoms with E-state index >= 15 is 0 Å². The molecule has 0 spiro atoms. The predicted octanol–water partition coefficient (Wildman–Crippen LogP) is 3.31. The molecule has 1 aromatic carbocycles. The number of benzene rings is 1. The summed E-state index contributed by atoms with van der Waals surface area (Å²) in [5.41, 5.74) is -0.0819. The maximum atomic E-state index is 13.5. The Bertz CT molecular complexity index is 963. The van der Waals surface area contributed by atoms with E-state index in [2.05, 4.69) is 5.32 Å². The maximum Gasteiger partial charge on any atom is 0.409 e. The first-order valence-electron chi connectivity index (χ1n) is 12.6. The van der Waals surface area contributed by atoms with Gasteiger partial charge in [0.15, 0.2) is 0 Å². The van der Waals surface area contributed by atoms with Crippen LogP contribution < -0.4 is 10.6 Å². The fourth-order valence-corrected chi connectivity index (χ4v) is 5.46. The van der Waals surface area contributed by atoms with Crippen LogP contribution in [0.1, 0.15) is 47.1 Å². The molecule has 0 radical (unpaired) electrons. The van der Waals surface area contributed by atoms with E-state index in [0.717, 1.165) is 0 Å². The van der Waals surface area contributed by atoms with Gasteiger partial charge in [0.2, 0.25) is 5.91 Å². The van der Waals surface area contributed by atoms with E-state index in [4.69, 9.17) is 18.5 Å². The van der Waals surface area contributed by atoms with Crippen molar-refractivity contribution >= 4 is 31.0 Å². The van der Waals surface area contributed by atoms with Crippen LogP contribution >= 0.6 is 7.60 Å². The number of piperazine rings is 1. The summed E-state index contributed by atoms with van der Waals surface area (Å²) in [5, 5.41) is 3.07. The van der Waals surface area contributed by atoms with Gasteiger partial charge < -0.3 is 33.6 Å². The Hall–Kier alpha value is -2.62. The van der Waals surface area contributed by atoms with Crippen molar-refractivity contribution in [1.29, 1.82) is 0 Å². The van der Waals surface area contributed by atoms with Gasteiger partial charge in [-0.2, -0.15) is 0 Å². The van der Waals surface area contributed by atoms with Crippen molar-refractivity contribution in [3.8, 4) is 0 Å². The van der Waals surface area contributed by atoms with Gasteiger partial charge in [-0.1, -0.05) is 12.1 Å². The fraction of sp³-hybridized carbons (Fsp3) is 0.640. The molecule has 1 fully saturated rings. The highest BCUT2D eigenvalue weighted by Crippen LogP contribution is 2.46. The van der Waals surface area contributed by atoms with Crippen LogP contribution in [0.5, 0.6) is 0 Å². The molecule has 37 heavy (non-hydrogen) atoms. The first kappa shape index (κ1) is 30.6. The van der Waals surface area contributed by atoms with Crippen LogP contribution in [-0.2, 0) is 34.3 Å². The summed E-state index contributed by atoms with van der Waals surface area (Å²) in [6, 6.07) is 5.87. The Balaban J connectivity index is 2.24. The molecule has 0 aromatic heterocycles. The Morgan fingerprint density at radius 2 is 1.57 bits per heavy atom. The van der Waals surface area contributed by atoms with Crippen LogP contribution in [0.4, 0.5) is 9.59 Å². The maximum absolute atomic E-state index is 13.5. The molecule has 1 atom stereocenters. The zero-order valence-electron chi connectivity index (χ0n) is 22.7. The van der Waals surface area contributed by atoms with E-state index in [-0.39, 0.29) is 32.1 Å². The highest BCUT2D eigenvalue weighted by molar-refractivity contribution is 7.62. The van der Waals surface area contributed by atoms with E-state index in [0.29, 0.717) is 37.0 Å². The molecular weight excluding hydrogens is 501 g/mol. The van der Waals surface area contributed by atoms with Gasteiger partial charge in [0.25, 0.3) is 0 Å². The molecule has 1 aromatic rings. The quantitative estimate of drug-likeness (QED) is 0.448. The minimum absolute atomic E-state index is 0.127. The monoisotopic (exact) mass is 541 g/mol. The van der Waals surface area contributed by atoms with Crippen molar-refractivity contribution in [3.63, 3.8) is 0 Å². The molecule has 3 amide bonds. The highest BCUT2D eigenvalue weighted by atomic mass is 31.2. The minimum Gasteiger partial charge on any atom is -0.450 e. The van der Waals surface area contributed by atoms with Crippen LogP contribution in [-0.4, -0.2) is 85.5 Å². The average molecular weight is 542 g/mol. The molecule has 1 heterocycles. The van der Waals surface area contributed by atoms with Gasteiger partial charge in [0, 0.05) is 32.6 Å². The van der Waals surface area contributed by atoms with Crippen LogP contribution in [0.2, 0.25) is 0 Å². The lowest BCUT2D eigenvalue weighted by atomic mass is 10.0. The molecule has 1 aliphatic heterocycles. The second-order valence-corrected chi connectivity index (χ2v) is 11.4. The molecule has 0 unspecified atom stereocenters. The van der Waals surface area contributed by atoms with E-state index in [1.165, 1.54) is 0 Å². The Morgan fingerprint density at radius 1 is 0.973 bits per heavy atom. The van der Waals surface area contributed by atoms with Crippen LogP contribution in [0.3, 0.4) is 0 Å². The number of rotatable bonds is 10. The molecule has 11 nitrogen and oxygen atoms in total. The Kier molecular flexibility index (Phi) is 11.4. The summed E-state index contributed by atoms with van der Waals surface area (Å²) in [6.07, 6.45) is -1.01. The second-order valence-electron chi connectivity index (χ2n) is 9.42. The number of hydrogen-bond donors (Lipinski definition) is 1. The van der Waals surface area contributed by atoms with E-state index < -0.39 is 31.4 Å². The lowest BCUT2D eigenvalue weighted by molar-refractivity contribution is -0.135. The molecule has 208 valence electrons. The van der Waals surface area contributed by atoms with Gasteiger partial charge in [-0.15, -0.1) is 0 Å². The van der Waals surface area contributed by atoms with E-state index in [9.17, 15) is 18.9 Å². The number of ether oxygens (including phenoxy) is 2. The molecule has 0 aliphatic carbocycles. The number of carbonyl (C=O) groups excluding carboxylic acids is 3. The largest absolute Gasteiger partial charge is 0.450 e. The van der Waals surface area contributed by atoms with Crippen LogP contribution in [0, 0.1) is 0 Å². The van der Waals surface area contributed by atoms with Gasteiger partial charge in [-0.3, -0.25) is 9.36 Å². The number of hydrogen-bond acceptors (Lipinski definition) is 8. The summed E-state index contributed by atoms with van der Waals surface area (Å²) in [6.45, 7) is 12.4. The number of carbonyl (C=O) groups is 3. The molecule has 1 N–H and O–H groups in total. The topological polar surface area (TPSA) is 124 Å². The summed E-state index contributed by atoms with van der Waals surface area (Å²) in [7, 11) is -3.53. The average Bonchev–Trinajstić information content (AvgIpc) is 2.83. The van der Waals surface area contributed by atoms with Crippen molar-refractivity contribution in [2.75, 3.05) is 46.0 Å². The first-order chi connectivity index (χ1) is 17.4. The minimum atomic E-state index is -3.53. The van der Waals surface area contributed by atoms with E-state index in [1.54, 1.807) is 75.6 Å². The number of amides is 3. The van der Waals surface area contributed by atoms with Crippen molar-refractivity contribution in [2.45, 2.75) is 59.6 Å². The Labute approximate surface area is 219 Å². The highest BCUT2D eigenvalue weighted by Gasteiger charge is 2.32. The predicted molar refractivity (Wildman–Crippen MR) is 139 cm³/mol. The summed E-state index contributed by atoms with van der Waals surface area (Å²) in [4.78, 5) is 41.3. The number of nitrogens with one attached hydrogen (secondary N) is 1. The van der Waals surface area contributed by atoms with Crippen molar-refractivity contribution in [3.05, 3.63) is 29.8 Å². The smallest absolute Gasteiger partial charge is 0.409 e. The molecule has 0 saturated carbocycles. The van der Waals surface area contributed by atoms with Crippen LogP contribution in [0.15, 0.2) is 24.3 Å².